The molecule has 0 bridgehead atoms. The van der Waals surface area contributed by atoms with Crippen LogP contribution in [0.3, 0.4) is 0 Å². The van der Waals surface area contributed by atoms with E-state index in [0.717, 1.165) is 42.8 Å². The molecule has 2 aromatic rings. The summed E-state index contributed by atoms with van der Waals surface area (Å²) in [5.74, 6) is -3.78. The highest BCUT2D eigenvalue weighted by atomic mass is 19.1. The molecule has 38 heavy (non-hydrogen) atoms. The van der Waals surface area contributed by atoms with Crippen LogP contribution >= 0.6 is 0 Å². The van der Waals surface area contributed by atoms with Crippen molar-refractivity contribution in [2.75, 3.05) is 19.8 Å². The third-order valence-corrected chi connectivity index (χ3v) is 4.24. The smallest absolute Gasteiger partial charge is 0.361 e. The number of carbonyl (C=O) groups excluding carboxylic acids is 2. The Morgan fingerprint density at radius 1 is 0.921 bits per heavy atom. The van der Waals surface area contributed by atoms with E-state index in [1.807, 2.05) is 0 Å². The molecular formula is C25H30F4N2O7. The van der Waals surface area contributed by atoms with Gasteiger partial charge in [0, 0.05) is 11.1 Å². The first-order valence-electron chi connectivity index (χ1n) is 11.4. The number of rotatable bonds is 10. The van der Waals surface area contributed by atoms with Crippen molar-refractivity contribution >= 4 is 17.7 Å². The van der Waals surface area contributed by atoms with Crippen LogP contribution in [0, 0.1) is 34.1 Å². The van der Waals surface area contributed by atoms with Crippen LogP contribution in [0.2, 0.25) is 0 Å². The van der Waals surface area contributed by atoms with Gasteiger partial charge in [-0.05, 0) is 62.6 Å². The SMILES string of the molecule is CC(C)CCON=O.CCOC(=O)C(=NO)c1cc(F)ccc1F.CCOC(=O)Cc1cc(F)ccc1F. The lowest BCUT2D eigenvalue weighted by Crippen LogP contribution is -2.20. The zero-order valence-electron chi connectivity index (χ0n) is 21.4. The van der Waals surface area contributed by atoms with Gasteiger partial charge in [-0.15, -0.1) is 4.91 Å². The molecule has 0 fully saturated rings. The number of hydrogen-bond donors (Lipinski definition) is 1. The van der Waals surface area contributed by atoms with Crippen LogP contribution < -0.4 is 0 Å². The molecule has 0 radical (unpaired) electrons. The van der Waals surface area contributed by atoms with Crippen molar-refractivity contribution < 1.29 is 46.7 Å². The molecule has 210 valence electrons. The van der Waals surface area contributed by atoms with Gasteiger partial charge in [0.05, 0.1) is 19.6 Å². The van der Waals surface area contributed by atoms with E-state index in [-0.39, 0.29) is 25.2 Å². The first-order valence-corrected chi connectivity index (χ1v) is 11.4. The minimum atomic E-state index is -1.02. The highest BCUT2D eigenvalue weighted by Gasteiger charge is 2.20. The zero-order chi connectivity index (χ0) is 29.1. The highest BCUT2D eigenvalue weighted by Crippen LogP contribution is 2.12. The molecular weight excluding hydrogens is 516 g/mol. The Hall–Kier alpha value is -4.03. The quantitative estimate of drug-likeness (QED) is 0.0793. The van der Waals surface area contributed by atoms with E-state index < -0.39 is 46.5 Å². The Kier molecular flexibility index (Phi) is 17.1. The van der Waals surface area contributed by atoms with Crippen LogP contribution in [0.25, 0.3) is 0 Å². The third kappa shape index (κ3) is 13.9. The molecule has 1 N–H and O–H groups in total. The Labute approximate surface area is 217 Å². The lowest BCUT2D eigenvalue weighted by Gasteiger charge is -2.05. The van der Waals surface area contributed by atoms with Gasteiger partial charge in [-0.25, -0.2) is 22.4 Å². The molecule has 0 atom stereocenters. The summed E-state index contributed by atoms with van der Waals surface area (Å²) in [6.45, 7) is 8.03. The van der Waals surface area contributed by atoms with Crippen molar-refractivity contribution in [2.24, 2.45) is 16.4 Å². The molecule has 0 aliphatic rings. The van der Waals surface area contributed by atoms with Gasteiger partial charge in [-0.1, -0.05) is 19.0 Å². The number of carbonyl (C=O) groups is 2. The summed E-state index contributed by atoms with van der Waals surface area (Å²) in [5.41, 5.74) is -1.09. The molecule has 2 rings (SSSR count). The third-order valence-electron chi connectivity index (χ3n) is 4.24. The van der Waals surface area contributed by atoms with Gasteiger partial charge in [0.15, 0.2) is 11.1 Å². The second-order valence-electron chi connectivity index (χ2n) is 7.60. The number of nitrogens with zero attached hydrogens (tertiary/aromatic N) is 2. The molecule has 0 aliphatic carbocycles. The molecule has 0 amide bonds. The number of benzene rings is 2. The summed E-state index contributed by atoms with van der Waals surface area (Å²) in [4.78, 5) is 35.7. The predicted octanol–water partition coefficient (Wildman–Crippen LogP) is 5.51. The predicted molar refractivity (Wildman–Crippen MR) is 129 cm³/mol. The van der Waals surface area contributed by atoms with Crippen molar-refractivity contribution in [3.63, 3.8) is 0 Å². The standard InChI is InChI=1S/C10H9F2NO3.C10H10F2O2.C5H11NO2/c1-2-16-10(14)9(13-15)7-5-6(11)3-4-8(7)12;1-2-14-10(13)6-7-5-8(11)3-4-9(7)12;1-5(2)3-4-8-6-7/h3-5,15H,2H2,1H3;3-5H,2,6H2,1H3;5H,3-4H2,1-2H3. The molecule has 0 unspecified atom stereocenters. The molecule has 0 spiro atoms. The summed E-state index contributed by atoms with van der Waals surface area (Å²) in [6.07, 6.45) is 0.656. The van der Waals surface area contributed by atoms with Gasteiger partial charge >= 0.3 is 11.9 Å². The number of hydrogen-bond acceptors (Lipinski definition) is 9. The molecule has 0 saturated carbocycles. The Bertz CT molecular complexity index is 1070. The highest BCUT2D eigenvalue weighted by molar-refractivity contribution is 6.43. The minimum Gasteiger partial charge on any atom is -0.466 e. The minimum absolute atomic E-state index is 0.0171. The van der Waals surface area contributed by atoms with Crippen LogP contribution in [-0.4, -0.2) is 42.7 Å². The van der Waals surface area contributed by atoms with Crippen molar-refractivity contribution in [1.82, 2.24) is 0 Å². The van der Waals surface area contributed by atoms with Crippen LogP contribution in [0.4, 0.5) is 17.6 Å². The van der Waals surface area contributed by atoms with Gasteiger partial charge in [-0.3, -0.25) is 4.79 Å². The maximum absolute atomic E-state index is 13.2. The van der Waals surface area contributed by atoms with Crippen molar-refractivity contribution in [3.8, 4) is 0 Å². The average Bonchev–Trinajstić information content (AvgIpc) is 2.85. The van der Waals surface area contributed by atoms with Gasteiger partial charge in [0.25, 0.3) is 0 Å². The maximum Gasteiger partial charge on any atom is 0.361 e. The van der Waals surface area contributed by atoms with E-state index in [9.17, 15) is 32.1 Å². The van der Waals surface area contributed by atoms with Gasteiger partial charge in [0.1, 0.15) is 29.9 Å². The Morgan fingerprint density at radius 3 is 2.03 bits per heavy atom. The van der Waals surface area contributed by atoms with Crippen molar-refractivity contribution in [3.05, 3.63) is 75.7 Å². The van der Waals surface area contributed by atoms with Crippen LogP contribution in [-0.2, 0) is 30.3 Å². The molecule has 0 aromatic heterocycles. The lowest BCUT2D eigenvalue weighted by atomic mass is 10.1. The normalized spacial score (nSPS) is 10.4. The molecule has 0 aliphatic heterocycles. The van der Waals surface area contributed by atoms with E-state index in [1.165, 1.54) is 6.92 Å². The molecule has 0 heterocycles. The number of oxime groups is 1. The first-order chi connectivity index (χ1) is 18.0. The molecule has 2 aromatic carbocycles. The second kappa shape index (κ2) is 19.1. The molecule has 0 saturated heterocycles. The largest absolute Gasteiger partial charge is 0.466 e. The number of halogens is 4. The van der Waals surface area contributed by atoms with E-state index >= 15 is 0 Å². The monoisotopic (exact) mass is 546 g/mol. The van der Waals surface area contributed by atoms with E-state index in [0.29, 0.717) is 12.5 Å². The van der Waals surface area contributed by atoms with Crippen LogP contribution in [0.1, 0.15) is 45.2 Å². The summed E-state index contributed by atoms with van der Waals surface area (Å²) >= 11 is 0. The lowest BCUT2D eigenvalue weighted by molar-refractivity contribution is -0.142. The summed E-state index contributed by atoms with van der Waals surface area (Å²) < 4.78 is 60.9. The van der Waals surface area contributed by atoms with Crippen LogP contribution in [0.15, 0.2) is 46.9 Å². The maximum atomic E-state index is 13.2. The fourth-order valence-corrected chi connectivity index (χ4v) is 2.46. The molecule has 9 nitrogen and oxygen atoms in total. The topological polar surface area (TPSA) is 124 Å². The fourth-order valence-electron chi connectivity index (χ4n) is 2.46. The van der Waals surface area contributed by atoms with Gasteiger partial charge < -0.3 is 19.5 Å². The summed E-state index contributed by atoms with van der Waals surface area (Å²) in [5, 5.41) is 13.5. The van der Waals surface area contributed by atoms with Crippen molar-refractivity contribution in [2.45, 2.75) is 40.5 Å². The fraction of sp³-hybridized carbons (Fsp3) is 0.400. The average molecular weight is 547 g/mol. The number of esters is 2. The summed E-state index contributed by atoms with van der Waals surface area (Å²) in [7, 11) is 0. The Morgan fingerprint density at radius 2 is 1.50 bits per heavy atom. The zero-order valence-corrected chi connectivity index (χ0v) is 21.4. The second-order valence-corrected chi connectivity index (χ2v) is 7.60. The van der Waals surface area contributed by atoms with Gasteiger partial charge in [-0.2, -0.15) is 0 Å². The molecule has 13 heteroatoms. The van der Waals surface area contributed by atoms with Gasteiger partial charge in [0.2, 0.25) is 0 Å². The van der Waals surface area contributed by atoms with E-state index in [4.69, 9.17) is 5.21 Å². The first kappa shape index (κ1) is 34.0. The Balaban J connectivity index is 0.000000571. The van der Waals surface area contributed by atoms with Crippen LogP contribution in [0.5, 0.6) is 0 Å². The number of ether oxygens (including phenoxy) is 2. The van der Waals surface area contributed by atoms with Crippen molar-refractivity contribution in [1.29, 1.82) is 0 Å². The van der Waals surface area contributed by atoms with E-state index in [2.05, 4.69) is 38.7 Å². The summed E-state index contributed by atoms with van der Waals surface area (Å²) in [6, 6.07) is 5.45. The van der Waals surface area contributed by atoms with E-state index in [1.54, 1.807) is 6.92 Å².